The molecule has 1 heteroatoms. The van der Waals surface area contributed by atoms with Gasteiger partial charge in [0.15, 0.2) is 0 Å². The SMILES string of the molecule is C=C1CCCC1=N/C=C\C.CC. The van der Waals surface area contributed by atoms with Gasteiger partial charge in [-0.3, -0.25) is 4.99 Å². The molecule has 0 amide bonds. The molecule has 0 radical (unpaired) electrons. The van der Waals surface area contributed by atoms with Crippen LogP contribution in [0.3, 0.4) is 0 Å². The third kappa shape index (κ3) is 3.51. The second-order valence-electron chi connectivity index (χ2n) is 2.52. The number of hydrogen-bond acceptors (Lipinski definition) is 1. The highest BCUT2D eigenvalue weighted by atomic mass is 14.7. The van der Waals surface area contributed by atoms with Gasteiger partial charge in [0.2, 0.25) is 0 Å². The Bertz CT molecular complexity index is 187. The van der Waals surface area contributed by atoms with E-state index in [9.17, 15) is 0 Å². The molecule has 0 spiro atoms. The molecule has 12 heavy (non-hydrogen) atoms. The van der Waals surface area contributed by atoms with E-state index < -0.39 is 0 Å². The maximum Gasteiger partial charge on any atom is 0.0429 e. The van der Waals surface area contributed by atoms with Gasteiger partial charge in [0.05, 0.1) is 0 Å². The van der Waals surface area contributed by atoms with E-state index in [0.29, 0.717) is 0 Å². The van der Waals surface area contributed by atoms with Crippen LogP contribution >= 0.6 is 0 Å². The lowest BCUT2D eigenvalue weighted by Crippen LogP contribution is -1.89. The number of allylic oxidation sites excluding steroid dienone is 2. The van der Waals surface area contributed by atoms with E-state index >= 15 is 0 Å². The monoisotopic (exact) mass is 165 g/mol. The van der Waals surface area contributed by atoms with Crippen molar-refractivity contribution >= 4 is 5.71 Å². The Labute approximate surface area is 75.9 Å². The van der Waals surface area contributed by atoms with Gasteiger partial charge in [0, 0.05) is 11.9 Å². The fraction of sp³-hybridized carbons (Fsp3) is 0.545. The van der Waals surface area contributed by atoms with Gasteiger partial charge in [0.25, 0.3) is 0 Å². The van der Waals surface area contributed by atoms with E-state index in [1.54, 1.807) is 0 Å². The zero-order valence-electron chi connectivity index (χ0n) is 8.43. The highest BCUT2D eigenvalue weighted by molar-refractivity contribution is 6.01. The van der Waals surface area contributed by atoms with Gasteiger partial charge in [-0.15, -0.1) is 0 Å². The van der Waals surface area contributed by atoms with Crippen molar-refractivity contribution in [2.24, 2.45) is 4.99 Å². The molecule has 1 aliphatic rings. The summed E-state index contributed by atoms with van der Waals surface area (Å²) in [5, 5.41) is 0. The number of aliphatic imine (C=N–C) groups is 1. The average molecular weight is 165 g/mol. The topological polar surface area (TPSA) is 12.4 Å². The van der Waals surface area contributed by atoms with Gasteiger partial charge in [0.1, 0.15) is 0 Å². The van der Waals surface area contributed by atoms with Gasteiger partial charge in [-0.2, -0.15) is 0 Å². The Kier molecular flexibility index (Phi) is 6.35. The van der Waals surface area contributed by atoms with Crippen molar-refractivity contribution in [1.82, 2.24) is 0 Å². The molecule has 0 aromatic carbocycles. The Balaban J connectivity index is 0.000000561. The molecule has 1 fully saturated rings. The lowest BCUT2D eigenvalue weighted by atomic mass is 10.2. The van der Waals surface area contributed by atoms with Crippen LogP contribution in [-0.2, 0) is 0 Å². The molecule has 0 aromatic heterocycles. The minimum atomic E-state index is 1.11. The van der Waals surface area contributed by atoms with Gasteiger partial charge in [-0.1, -0.05) is 26.5 Å². The molecule has 0 aromatic rings. The molecule has 0 unspecified atom stereocenters. The molecule has 1 aliphatic carbocycles. The first-order valence-electron chi connectivity index (χ1n) is 4.70. The maximum atomic E-state index is 4.26. The predicted octanol–water partition coefficient (Wildman–Crippen LogP) is 3.73. The van der Waals surface area contributed by atoms with Crippen LogP contribution in [0.2, 0.25) is 0 Å². The fourth-order valence-electron chi connectivity index (χ4n) is 1.11. The van der Waals surface area contributed by atoms with Gasteiger partial charge < -0.3 is 0 Å². The predicted molar refractivity (Wildman–Crippen MR) is 56.6 cm³/mol. The lowest BCUT2D eigenvalue weighted by Gasteiger charge is -1.91. The standard InChI is InChI=1S/C9H13N.C2H6/c1-3-7-10-9-6-4-5-8(9)2;1-2/h3,7H,2,4-6H2,1H3;1-2H3/b7-3-,10-9?;. The molecular weight excluding hydrogens is 146 g/mol. The molecule has 0 bridgehead atoms. The summed E-state index contributed by atoms with van der Waals surface area (Å²) in [6.45, 7) is 9.90. The first kappa shape index (κ1) is 11.2. The molecule has 1 rings (SSSR count). The molecule has 68 valence electrons. The molecule has 0 atom stereocenters. The van der Waals surface area contributed by atoms with E-state index in [1.807, 2.05) is 33.0 Å². The summed E-state index contributed by atoms with van der Waals surface area (Å²) in [5.74, 6) is 0. The maximum absolute atomic E-state index is 4.26. The molecule has 1 saturated carbocycles. The summed E-state index contributed by atoms with van der Waals surface area (Å²) in [5.41, 5.74) is 2.41. The minimum absolute atomic E-state index is 1.11. The summed E-state index contributed by atoms with van der Waals surface area (Å²) in [6.07, 6.45) is 7.26. The van der Waals surface area contributed by atoms with Gasteiger partial charge in [-0.05, 0) is 31.8 Å². The van der Waals surface area contributed by atoms with Crippen LogP contribution in [0.4, 0.5) is 0 Å². The Morgan fingerprint density at radius 1 is 1.33 bits per heavy atom. The smallest absolute Gasteiger partial charge is 0.0429 e. The van der Waals surface area contributed by atoms with Gasteiger partial charge in [-0.25, -0.2) is 0 Å². The largest absolute Gasteiger partial charge is 0.261 e. The molecule has 1 nitrogen and oxygen atoms in total. The Morgan fingerprint density at radius 3 is 2.42 bits per heavy atom. The summed E-state index contributed by atoms with van der Waals surface area (Å²) in [7, 11) is 0. The zero-order valence-corrected chi connectivity index (χ0v) is 8.43. The zero-order chi connectivity index (χ0) is 9.40. The average Bonchev–Trinajstić information content (AvgIpc) is 2.51. The van der Waals surface area contributed by atoms with Crippen molar-refractivity contribution in [3.63, 3.8) is 0 Å². The molecule has 0 N–H and O–H groups in total. The molecule has 0 saturated heterocycles. The van der Waals surface area contributed by atoms with E-state index in [4.69, 9.17) is 0 Å². The third-order valence-electron chi connectivity index (χ3n) is 1.68. The summed E-state index contributed by atoms with van der Waals surface area (Å²) < 4.78 is 0. The summed E-state index contributed by atoms with van der Waals surface area (Å²) in [6, 6.07) is 0. The van der Waals surface area contributed by atoms with Gasteiger partial charge >= 0.3 is 0 Å². The van der Waals surface area contributed by atoms with Crippen LogP contribution in [0.25, 0.3) is 0 Å². The van der Waals surface area contributed by atoms with Crippen molar-refractivity contribution < 1.29 is 0 Å². The Hall–Kier alpha value is -0.850. The van der Waals surface area contributed by atoms with Crippen LogP contribution in [0, 0.1) is 0 Å². The lowest BCUT2D eigenvalue weighted by molar-refractivity contribution is 0.948. The number of nitrogens with zero attached hydrogens (tertiary/aromatic N) is 1. The second kappa shape index (κ2) is 6.84. The highest BCUT2D eigenvalue weighted by Crippen LogP contribution is 2.19. The highest BCUT2D eigenvalue weighted by Gasteiger charge is 2.11. The van der Waals surface area contributed by atoms with E-state index in [-0.39, 0.29) is 0 Å². The van der Waals surface area contributed by atoms with E-state index in [2.05, 4.69) is 11.6 Å². The van der Waals surface area contributed by atoms with Crippen LogP contribution in [0.15, 0.2) is 29.4 Å². The first-order valence-corrected chi connectivity index (χ1v) is 4.70. The molecule has 0 heterocycles. The quantitative estimate of drug-likeness (QED) is 0.561. The number of hydrogen-bond donors (Lipinski definition) is 0. The first-order chi connectivity index (χ1) is 5.84. The molecule has 0 aliphatic heterocycles. The van der Waals surface area contributed by atoms with Crippen LogP contribution in [0.1, 0.15) is 40.0 Å². The molecular formula is C11H19N. The van der Waals surface area contributed by atoms with Crippen LogP contribution in [-0.4, -0.2) is 5.71 Å². The van der Waals surface area contributed by atoms with Crippen LogP contribution < -0.4 is 0 Å². The normalized spacial score (nSPS) is 19.9. The number of rotatable bonds is 1. The van der Waals surface area contributed by atoms with Crippen molar-refractivity contribution in [2.75, 3.05) is 0 Å². The van der Waals surface area contributed by atoms with Crippen molar-refractivity contribution in [3.8, 4) is 0 Å². The second-order valence-corrected chi connectivity index (χ2v) is 2.52. The Morgan fingerprint density at radius 2 is 2.00 bits per heavy atom. The third-order valence-corrected chi connectivity index (χ3v) is 1.68. The summed E-state index contributed by atoms with van der Waals surface area (Å²) in [4.78, 5) is 4.26. The van der Waals surface area contributed by atoms with E-state index in [1.165, 1.54) is 17.7 Å². The van der Waals surface area contributed by atoms with Crippen molar-refractivity contribution in [2.45, 2.75) is 40.0 Å². The van der Waals surface area contributed by atoms with Crippen molar-refractivity contribution in [3.05, 3.63) is 24.4 Å². The van der Waals surface area contributed by atoms with Crippen LogP contribution in [0.5, 0.6) is 0 Å². The minimum Gasteiger partial charge on any atom is -0.261 e. The fourth-order valence-corrected chi connectivity index (χ4v) is 1.11. The van der Waals surface area contributed by atoms with E-state index in [0.717, 1.165) is 12.8 Å². The van der Waals surface area contributed by atoms with Crippen molar-refractivity contribution in [1.29, 1.82) is 0 Å². The summed E-state index contributed by atoms with van der Waals surface area (Å²) >= 11 is 0.